The average Bonchev–Trinajstić information content (AvgIpc) is 3.13. The van der Waals surface area contributed by atoms with E-state index in [0.29, 0.717) is 17.5 Å². The van der Waals surface area contributed by atoms with Gasteiger partial charge >= 0.3 is 0 Å². The van der Waals surface area contributed by atoms with Crippen LogP contribution in [0.3, 0.4) is 0 Å². The number of aliphatic hydroxyl groups excluding tert-OH is 1. The van der Waals surface area contributed by atoms with Gasteiger partial charge in [0.1, 0.15) is 0 Å². The molecule has 0 spiro atoms. The molecule has 158 valence electrons. The summed E-state index contributed by atoms with van der Waals surface area (Å²) in [6.07, 6.45) is 13.6. The van der Waals surface area contributed by atoms with Crippen LogP contribution in [0.2, 0.25) is 0 Å². The first-order valence-electron chi connectivity index (χ1n) is 11.6. The van der Waals surface area contributed by atoms with Crippen molar-refractivity contribution in [3.05, 3.63) is 30.0 Å². The van der Waals surface area contributed by atoms with E-state index in [1.54, 1.807) is 0 Å². The zero-order chi connectivity index (χ0) is 20.1. The quantitative estimate of drug-likeness (QED) is 0.713. The van der Waals surface area contributed by atoms with Crippen LogP contribution in [-0.4, -0.2) is 33.4 Å². The molecule has 5 nitrogen and oxygen atoms in total. The van der Waals surface area contributed by atoms with Crippen molar-refractivity contribution in [2.75, 3.05) is 6.61 Å². The molecule has 0 aliphatic heterocycles. The Morgan fingerprint density at radius 3 is 2.38 bits per heavy atom. The number of amides is 1. The molecule has 1 aromatic carbocycles. The second-order valence-corrected chi connectivity index (χ2v) is 9.14. The predicted molar refractivity (Wildman–Crippen MR) is 116 cm³/mol. The van der Waals surface area contributed by atoms with Crippen molar-refractivity contribution in [1.82, 2.24) is 15.1 Å². The first kappa shape index (κ1) is 20.4. The topological polar surface area (TPSA) is 67.2 Å². The number of fused-ring (bicyclic) bond motifs is 1. The first-order chi connectivity index (χ1) is 14.2. The van der Waals surface area contributed by atoms with Gasteiger partial charge in [-0.3, -0.25) is 9.48 Å². The van der Waals surface area contributed by atoms with Gasteiger partial charge in [-0.05, 0) is 37.2 Å². The number of para-hydroxylation sites is 1. The maximum Gasteiger partial charge on any atom is 0.272 e. The Morgan fingerprint density at radius 2 is 1.69 bits per heavy atom. The Bertz CT molecular complexity index is 804. The number of nitrogens with zero attached hydrogens (tertiary/aromatic N) is 2. The van der Waals surface area contributed by atoms with Crippen LogP contribution in [0, 0.1) is 11.8 Å². The number of benzene rings is 1. The standard InChI is InChI=1S/C24H35N3O2/c28-17-20(15-18-9-3-1-4-10-18)25-24(29)23-21-13-7-8-14-22(21)27(26-23)16-19-11-5-2-6-12-19/h7-8,13-14,18-20,28H,1-6,9-12,15-17H2,(H,25,29)/t20-/m0/s1. The van der Waals surface area contributed by atoms with E-state index in [1.165, 1.54) is 64.2 Å². The minimum absolute atomic E-state index is 0.0110. The van der Waals surface area contributed by atoms with Crippen molar-refractivity contribution < 1.29 is 9.90 Å². The van der Waals surface area contributed by atoms with Crippen LogP contribution in [0.25, 0.3) is 10.9 Å². The van der Waals surface area contributed by atoms with Crippen LogP contribution in [0.4, 0.5) is 0 Å². The lowest BCUT2D eigenvalue weighted by atomic mass is 9.85. The summed E-state index contributed by atoms with van der Waals surface area (Å²) in [7, 11) is 0. The second kappa shape index (κ2) is 9.75. The minimum Gasteiger partial charge on any atom is -0.394 e. The molecule has 2 aliphatic rings. The summed E-state index contributed by atoms with van der Waals surface area (Å²) in [5.74, 6) is 1.11. The molecule has 1 heterocycles. The van der Waals surface area contributed by atoms with E-state index in [9.17, 15) is 9.90 Å². The smallest absolute Gasteiger partial charge is 0.272 e. The number of hydrogen-bond acceptors (Lipinski definition) is 3. The average molecular weight is 398 g/mol. The number of hydrogen-bond donors (Lipinski definition) is 2. The molecule has 2 aromatic rings. The fourth-order valence-electron chi connectivity index (χ4n) is 5.31. The number of aliphatic hydroxyl groups is 1. The van der Waals surface area contributed by atoms with Crippen LogP contribution in [0.1, 0.15) is 81.1 Å². The summed E-state index contributed by atoms with van der Waals surface area (Å²) < 4.78 is 2.04. The molecular formula is C24H35N3O2. The van der Waals surface area contributed by atoms with Crippen molar-refractivity contribution in [3.8, 4) is 0 Å². The van der Waals surface area contributed by atoms with E-state index in [0.717, 1.165) is 23.9 Å². The normalized spacial score (nSPS) is 20.0. The molecule has 2 fully saturated rings. The lowest BCUT2D eigenvalue weighted by molar-refractivity contribution is 0.0897. The summed E-state index contributed by atoms with van der Waals surface area (Å²) in [6, 6.07) is 7.85. The zero-order valence-electron chi connectivity index (χ0n) is 17.5. The number of rotatable bonds is 7. The van der Waals surface area contributed by atoms with Gasteiger partial charge in [0.2, 0.25) is 0 Å². The SMILES string of the molecule is O=C(N[C@H](CO)CC1CCCCC1)c1nn(CC2CCCCC2)c2ccccc12. The third-order valence-electron chi connectivity index (χ3n) is 6.93. The second-order valence-electron chi connectivity index (χ2n) is 9.14. The summed E-state index contributed by atoms with van der Waals surface area (Å²) in [6.45, 7) is 0.877. The molecule has 1 amide bonds. The van der Waals surface area contributed by atoms with Crippen molar-refractivity contribution in [2.24, 2.45) is 11.8 Å². The molecule has 2 saturated carbocycles. The third kappa shape index (κ3) is 5.00. The number of carbonyl (C=O) groups excluding carboxylic acids is 1. The summed E-state index contributed by atoms with van der Waals surface area (Å²) >= 11 is 0. The van der Waals surface area contributed by atoms with E-state index in [4.69, 9.17) is 5.10 Å². The van der Waals surface area contributed by atoms with Gasteiger partial charge in [-0.2, -0.15) is 5.10 Å². The van der Waals surface area contributed by atoms with Gasteiger partial charge in [-0.1, -0.05) is 69.6 Å². The lowest BCUT2D eigenvalue weighted by Gasteiger charge is -2.26. The number of nitrogens with one attached hydrogen (secondary N) is 1. The molecule has 0 unspecified atom stereocenters. The van der Waals surface area contributed by atoms with Gasteiger partial charge in [-0.15, -0.1) is 0 Å². The molecule has 5 heteroatoms. The highest BCUT2D eigenvalue weighted by atomic mass is 16.3. The molecule has 0 bridgehead atoms. The summed E-state index contributed by atoms with van der Waals surface area (Å²) in [4.78, 5) is 13.1. The predicted octanol–water partition coefficient (Wildman–Crippen LogP) is 4.68. The Morgan fingerprint density at radius 1 is 1.03 bits per heavy atom. The summed E-state index contributed by atoms with van der Waals surface area (Å²) in [5, 5.41) is 18.6. The minimum atomic E-state index is -0.187. The fraction of sp³-hybridized carbons (Fsp3) is 0.667. The largest absolute Gasteiger partial charge is 0.394 e. The monoisotopic (exact) mass is 397 g/mol. The highest BCUT2D eigenvalue weighted by Gasteiger charge is 2.24. The van der Waals surface area contributed by atoms with Gasteiger partial charge < -0.3 is 10.4 Å². The molecule has 4 rings (SSSR count). The third-order valence-corrected chi connectivity index (χ3v) is 6.93. The van der Waals surface area contributed by atoms with E-state index in [1.807, 2.05) is 22.9 Å². The maximum absolute atomic E-state index is 13.1. The van der Waals surface area contributed by atoms with Gasteiger partial charge in [0.25, 0.3) is 5.91 Å². The van der Waals surface area contributed by atoms with Crippen LogP contribution < -0.4 is 5.32 Å². The van der Waals surface area contributed by atoms with Crippen LogP contribution in [0.15, 0.2) is 24.3 Å². The Kier molecular flexibility index (Phi) is 6.86. The molecule has 2 N–H and O–H groups in total. The van der Waals surface area contributed by atoms with E-state index in [2.05, 4.69) is 11.4 Å². The molecular weight excluding hydrogens is 362 g/mol. The molecule has 2 aliphatic carbocycles. The Labute approximate surface area is 173 Å². The van der Waals surface area contributed by atoms with Gasteiger partial charge in [0.15, 0.2) is 5.69 Å². The van der Waals surface area contributed by atoms with Gasteiger partial charge in [0, 0.05) is 11.9 Å². The molecule has 1 aromatic heterocycles. The number of carbonyl (C=O) groups is 1. The van der Waals surface area contributed by atoms with Crippen LogP contribution in [-0.2, 0) is 6.54 Å². The van der Waals surface area contributed by atoms with Crippen LogP contribution >= 0.6 is 0 Å². The first-order valence-corrected chi connectivity index (χ1v) is 11.6. The van der Waals surface area contributed by atoms with Gasteiger partial charge in [-0.25, -0.2) is 0 Å². The highest BCUT2D eigenvalue weighted by molar-refractivity contribution is 6.04. The highest BCUT2D eigenvalue weighted by Crippen LogP contribution is 2.29. The van der Waals surface area contributed by atoms with Crippen molar-refractivity contribution in [2.45, 2.75) is 83.2 Å². The van der Waals surface area contributed by atoms with E-state index < -0.39 is 0 Å². The fourth-order valence-corrected chi connectivity index (χ4v) is 5.31. The number of aromatic nitrogens is 2. The molecule has 29 heavy (non-hydrogen) atoms. The van der Waals surface area contributed by atoms with Crippen molar-refractivity contribution >= 4 is 16.8 Å². The Balaban J connectivity index is 1.48. The molecule has 1 atom stereocenters. The van der Waals surface area contributed by atoms with Crippen molar-refractivity contribution in [3.63, 3.8) is 0 Å². The Hall–Kier alpha value is -1.88. The maximum atomic E-state index is 13.1. The van der Waals surface area contributed by atoms with Crippen molar-refractivity contribution in [1.29, 1.82) is 0 Å². The van der Waals surface area contributed by atoms with Gasteiger partial charge in [0.05, 0.1) is 18.2 Å². The molecule has 0 saturated heterocycles. The zero-order valence-corrected chi connectivity index (χ0v) is 17.5. The summed E-state index contributed by atoms with van der Waals surface area (Å²) in [5.41, 5.74) is 1.54. The van der Waals surface area contributed by atoms with Crippen LogP contribution in [0.5, 0.6) is 0 Å². The molecule has 0 radical (unpaired) electrons. The lowest BCUT2D eigenvalue weighted by Crippen LogP contribution is -2.39. The van der Waals surface area contributed by atoms with E-state index >= 15 is 0 Å². The van der Waals surface area contributed by atoms with E-state index in [-0.39, 0.29) is 18.6 Å².